The summed E-state index contributed by atoms with van der Waals surface area (Å²) in [5, 5.41) is 0. The number of hydrogen-bond acceptors (Lipinski definition) is 3. The Morgan fingerprint density at radius 2 is 2.00 bits per heavy atom. The number of ether oxygens (including phenoxy) is 1. The third-order valence-electron chi connectivity index (χ3n) is 3.83. The molecule has 1 aliphatic heterocycles. The number of hydrogen-bond donors (Lipinski definition) is 0. The van der Waals surface area contributed by atoms with Gasteiger partial charge in [0.15, 0.2) is 0 Å². The van der Waals surface area contributed by atoms with E-state index in [-0.39, 0.29) is 17.9 Å². The fraction of sp³-hybridized carbons (Fsp3) is 0.692. The second kappa shape index (κ2) is 3.12. The third kappa shape index (κ3) is 1.43. The van der Waals surface area contributed by atoms with Gasteiger partial charge in [-0.05, 0) is 39.0 Å². The largest absolute Gasteiger partial charge is 0.443 e. The summed E-state index contributed by atoms with van der Waals surface area (Å²) in [4.78, 5) is 25.2. The zero-order chi connectivity index (χ0) is 12.4. The van der Waals surface area contributed by atoms with Crippen molar-refractivity contribution in [2.75, 3.05) is 0 Å². The highest BCUT2D eigenvalue weighted by Gasteiger charge is 2.62. The molecule has 4 heteroatoms. The maximum Gasteiger partial charge on any atom is 0.417 e. The molecule has 4 atom stereocenters. The fourth-order valence-corrected chi connectivity index (χ4v) is 3.23. The van der Waals surface area contributed by atoms with Gasteiger partial charge in [0.05, 0.1) is 12.0 Å². The van der Waals surface area contributed by atoms with Gasteiger partial charge in [-0.1, -0.05) is 12.2 Å². The van der Waals surface area contributed by atoms with Crippen LogP contribution in [0.25, 0.3) is 0 Å². The minimum atomic E-state index is -0.546. The number of amides is 2. The third-order valence-corrected chi connectivity index (χ3v) is 3.83. The summed E-state index contributed by atoms with van der Waals surface area (Å²) >= 11 is 0. The summed E-state index contributed by atoms with van der Waals surface area (Å²) in [6.07, 6.45) is 4.79. The molecule has 2 aliphatic carbocycles. The van der Waals surface area contributed by atoms with Crippen LogP contribution >= 0.6 is 0 Å². The van der Waals surface area contributed by atoms with Crippen molar-refractivity contribution in [2.24, 2.45) is 17.8 Å². The lowest BCUT2D eigenvalue weighted by molar-refractivity contribution is -0.154. The van der Waals surface area contributed by atoms with Gasteiger partial charge < -0.3 is 4.74 Å². The van der Waals surface area contributed by atoms with E-state index in [0.29, 0.717) is 11.8 Å². The minimum Gasteiger partial charge on any atom is -0.443 e. The first-order valence-corrected chi connectivity index (χ1v) is 6.13. The maximum atomic E-state index is 12.0. The molecule has 0 spiro atoms. The average Bonchev–Trinajstić information content (AvgIpc) is 2.70. The van der Waals surface area contributed by atoms with E-state index in [4.69, 9.17) is 4.74 Å². The first kappa shape index (κ1) is 10.8. The van der Waals surface area contributed by atoms with Crippen molar-refractivity contribution >= 4 is 12.0 Å². The molecule has 3 aliphatic rings. The summed E-state index contributed by atoms with van der Waals surface area (Å²) in [5.41, 5.74) is -0.546. The number of rotatable bonds is 0. The van der Waals surface area contributed by atoms with E-state index >= 15 is 0 Å². The second-order valence-corrected chi connectivity index (χ2v) is 6.15. The molecular weight excluding hydrogens is 218 g/mol. The summed E-state index contributed by atoms with van der Waals surface area (Å²) in [6, 6.07) is 0.0624. The summed E-state index contributed by atoms with van der Waals surface area (Å²) in [5.74, 6) is 0.699. The molecule has 0 N–H and O–H groups in total. The SMILES string of the molecule is CC(C)(C)OC(=O)N1C(=O)[C@@H]2C3C=CC(C3)[C@@H]21. The number of allylic oxidation sites excluding steroid dienone is 1. The van der Waals surface area contributed by atoms with Crippen LogP contribution in [0.2, 0.25) is 0 Å². The topological polar surface area (TPSA) is 46.6 Å². The van der Waals surface area contributed by atoms with E-state index in [9.17, 15) is 9.59 Å². The van der Waals surface area contributed by atoms with Gasteiger partial charge in [0.1, 0.15) is 5.60 Å². The summed E-state index contributed by atoms with van der Waals surface area (Å²) < 4.78 is 5.27. The van der Waals surface area contributed by atoms with Gasteiger partial charge >= 0.3 is 6.09 Å². The second-order valence-electron chi connectivity index (χ2n) is 6.15. The Hall–Kier alpha value is -1.32. The molecule has 1 heterocycles. The molecule has 1 saturated heterocycles. The van der Waals surface area contributed by atoms with Gasteiger partial charge in [0.25, 0.3) is 0 Å². The molecule has 3 rings (SSSR count). The number of fused-ring (bicyclic) bond motifs is 5. The number of carbonyl (C=O) groups is 2. The average molecular weight is 235 g/mol. The molecular formula is C13H17NO3. The molecule has 1 saturated carbocycles. The molecule has 0 aromatic carbocycles. The van der Waals surface area contributed by atoms with Crippen molar-refractivity contribution in [3.8, 4) is 0 Å². The Balaban J connectivity index is 1.76. The fourth-order valence-electron chi connectivity index (χ4n) is 3.23. The van der Waals surface area contributed by atoms with Gasteiger partial charge in [0, 0.05) is 0 Å². The van der Waals surface area contributed by atoms with E-state index in [2.05, 4.69) is 12.2 Å². The van der Waals surface area contributed by atoms with Gasteiger partial charge in [-0.3, -0.25) is 4.79 Å². The highest BCUT2D eigenvalue weighted by molar-refractivity contribution is 6.00. The van der Waals surface area contributed by atoms with Crippen LogP contribution in [-0.4, -0.2) is 28.5 Å². The lowest BCUT2D eigenvalue weighted by atomic mass is 9.80. The number of imide groups is 1. The van der Waals surface area contributed by atoms with Crippen molar-refractivity contribution in [3.05, 3.63) is 12.2 Å². The molecule has 17 heavy (non-hydrogen) atoms. The Morgan fingerprint density at radius 1 is 1.35 bits per heavy atom. The Bertz CT molecular complexity index is 421. The van der Waals surface area contributed by atoms with Crippen LogP contribution < -0.4 is 0 Å². The Labute approximate surface area is 101 Å². The zero-order valence-electron chi connectivity index (χ0n) is 10.3. The van der Waals surface area contributed by atoms with E-state index in [1.54, 1.807) is 0 Å². The lowest BCUT2D eigenvalue weighted by Crippen LogP contribution is -2.65. The van der Waals surface area contributed by atoms with Crippen molar-refractivity contribution in [1.82, 2.24) is 4.90 Å². The molecule has 0 aromatic heterocycles. The van der Waals surface area contributed by atoms with Crippen LogP contribution in [0.3, 0.4) is 0 Å². The summed E-state index contributed by atoms with van der Waals surface area (Å²) in [7, 11) is 0. The highest BCUT2D eigenvalue weighted by atomic mass is 16.6. The smallest absolute Gasteiger partial charge is 0.417 e. The minimum absolute atomic E-state index is 0.0394. The van der Waals surface area contributed by atoms with Gasteiger partial charge in [-0.25, -0.2) is 9.69 Å². The number of β-lactam (4-membered cyclic amide) rings is 1. The molecule has 2 bridgehead atoms. The highest BCUT2D eigenvalue weighted by Crippen LogP contribution is 2.52. The molecule has 2 fully saturated rings. The summed E-state index contributed by atoms with van der Waals surface area (Å²) in [6.45, 7) is 5.44. The van der Waals surface area contributed by atoms with E-state index < -0.39 is 11.7 Å². The van der Waals surface area contributed by atoms with Crippen LogP contribution in [0.15, 0.2) is 12.2 Å². The molecule has 92 valence electrons. The van der Waals surface area contributed by atoms with Crippen LogP contribution in [0.4, 0.5) is 4.79 Å². The van der Waals surface area contributed by atoms with Crippen molar-refractivity contribution < 1.29 is 14.3 Å². The van der Waals surface area contributed by atoms with Gasteiger partial charge in [0.2, 0.25) is 5.91 Å². The predicted molar refractivity (Wildman–Crippen MR) is 61.1 cm³/mol. The molecule has 0 radical (unpaired) electrons. The van der Waals surface area contributed by atoms with Crippen LogP contribution in [0, 0.1) is 17.8 Å². The quantitative estimate of drug-likeness (QED) is 0.476. The number of nitrogens with zero attached hydrogens (tertiary/aromatic N) is 1. The molecule has 4 nitrogen and oxygen atoms in total. The molecule has 2 amide bonds. The van der Waals surface area contributed by atoms with Crippen molar-refractivity contribution in [2.45, 2.75) is 38.8 Å². The monoisotopic (exact) mass is 235 g/mol. The van der Waals surface area contributed by atoms with Crippen LogP contribution in [0.1, 0.15) is 27.2 Å². The Morgan fingerprint density at radius 3 is 2.65 bits per heavy atom. The van der Waals surface area contributed by atoms with Crippen molar-refractivity contribution in [1.29, 1.82) is 0 Å². The van der Waals surface area contributed by atoms with Gasteiger partial charge in [-0.15, -0.1) is 0 Å². The first-order chi connectivity index (χ1) is 7.88. The first-order valence-electron chi connectivity index (χ1n) is 6.13. The molecule has 0 aromatic rings. The maximum absolute atomic E-state index is 12.0. The Kier molecular flexibility index (Phi) is 1.98. The van der Waals surface area contributed by atoms with Crippen LogP contribution in [0.5, 0.6) is 0 Å². The van der Waals surface area contributed by atoms with Crippen molar-refractivity contribution in [3.63, 3.8) is 0 Å². The zero-order valence-corrected chi connectivity index (χ0v) is 10.3. The van der Waals surface area contributed by atoms with E-state index in [1.165, 1.54) is 4.90 Å². The van der Waals surface area contributed by atoms with Gasteiger partial charge in [-0.2, -0.15) is 0 Å². The number of likely N-dealkylation sites (tertiary alicyclic amines) is 1. The predicted octanol–water partition coefficient (Wildman–Crippen LogP) is 1.95. The normalized spacial score (nSPS) is 38.1. The van der Waals surface area contributed by atoms with E-state index in [1.807, 2.05) is 20.8 Å². The molecule has 2 unspecified atom stereocenters. The number of carbonyl (C=O) groups excluding carboxylic acids is 2. The standard InChI is InChI=1S/C13H17NO3/c1-13(2,3)17-12(16)14-10-8-5-4-7(6-8)9(10)11(14)15/h4-5,7-10H,6H2,1-3H3/t7?,8?,9-,10+/m1/s1. The van der Waals surface area contributed by atoms with Crippen LogP contribution in [-0.2, 0) is 9.53 Å². The van der Waals surface area contributed by atoms with E-state index in [0.717, 1.165) is 6.42 Å². The lowest BCUT2D eigenvalue weighted by Gasteiger charge is -2.46.